The fourth-order valence-corrected chi connectivity index (χ4v) is 2.57. The van der Waals surface area contributed by atoms with Gasteiger partial charge >= 0.3 is 0 Å². The van der Waals surface area contributed by atoms with Crippen molar-refractivity contribution in [2.45, 2.75) is 25.8 Å². The zero-order valence-corrected chi connectivity index (χ0v) is 12.3. The molecule has 0 radical (unpaired) electrons. The van der Waals surface area contributed by atoms with Crippen molar-refractivity contribution in [3.63, 3.8) is 0 Å². The van der Waals surface area contributed by atoms with Crippen LogP contribution in [0.2, 0.25) is 0 Å². The first-order valence-corrected chi connectivity index (χ1v) is 6.84. The van der Waals surface area contributed by atoms with Gasteiger partial charge in [0.15, 0.2) is 0 Å². The predicted molar refractivity (Wildman–Crippen MR) is 77.3 cm³/mol. The molecule has 0 spiro atoms. The Hall–Kier alpha value is -1.13. The Bertz CT molecular complexity index is 534. The topological polar surface area (TPSA) is 43.8 Å². The van der Waals surface area contributed by atoms with Gasteiger partial charge in [0.1, 0.15) is 0 Å². The van der Waals surface area contributed by atoms with Crippen molar-refractivity contribution in [3.05, 3.63) is 51.8 Å². The molecular formula is C14H18BrN3. The molecule has 0 bridgehead atoms. The van der Waals surface area contributed by atoms with Crippen LogP contribution in [0.4, 0.5) is 0 Å². The molecule has 0 aliphatic rings. The lowest BCUT2D eigenvalue weighted by atomic mass is 9.99. The number of halogens is 1. The van der Waals surface area contributed by atoms with E-state index in [1.165, 1.54) is 16.7 Å². The fraction of sp³-hybridized carbons (Fsp3) is 0.357. The highest BCUT2D eigenvalue weighted by Crippen LogP contribution is 2.26. The molecule has 3 nitrogen and oxygen atoms in total. The van der Waals surface area contributed by atoms with Gasteiger partial charge in [-0.2, -0.15) is 5.10 Å². The lowest BCUT2D eigenvalue weighted by Crippen LogP contribution is -2.12. The molecule has 18 heavy (non-hydrogen) atoms. The molecule has 0 aliphatic carbocycles. The van der Waals surface area contributed by atoms with Crippen LogP contribution in [0.5, 0.6) is 0 Å². The maximum atomic E-state index is 6.26. The number of benzene rings is 1. The first-order chi connectivity index (χ1) is 8.56. The smallest absolute Gasteiger partial charge is 0.0521 e. The molecule has 96 valence electrons. The van der Waals surface area contributed by atoms with E-state index >= 15 is 0 Å². The second-order valence-corrected chi connectivity index (χ2v) is 5.55. The van der Waals surface area contributed by atoms with Gasteiger partial charge in [0.25, 0.3) is 0 Å². The van der Waals surface area contributed by atoms with Crippen molar-refractivity contribution < 1.29 is 0 Å². The minimum atomic E-state index is 0.0551. The summed E-state index contributed by atoms with van der Waals surface area (Å²) in [5.41, 5.74) is 9.92. The molecule has 1 atom stereocenters. The summed E-state index contributed by atoms with van der Waals surface area (Å²) in [5, 5.41) is 4.17. The molecule has 0 aliphatic heterocycles. The Morgan fingerprint density at radius 1 is 1.44 bits per heavy atom. The predicted octanol–water partition coefficient (Wildman–Crippen LogP) is 3.12. The number of aromatic nitrogens is 2. The van der Waals surface area contributed by atoms with E-state index in [1.54, 1.807) is 0 Å². The van der Waals surface area contributed by atoms with E-state index in [1.807, 2.05) is 24.1 Å². The van der Waals surface area contributed by atoms with Crippen molar-refractivity contribution in [3.8, 4) is 0 Å². The molecule has 0 saturated heterocycles. The number of rotatable bonds is 4. The average molecular weight is 308 g/mol. The van der Waals surface area contributed by atoms with Crippen LogP contribution in [0, 0.1) is 6.92 Å². The van der Waals surface area contributed by atoms with Crippen LogP contribution in [-0.2, 0) is 13.5 Å². The van der Waals surface area contributed by atoms with E-state index in [0.29, 0.717) is 0 Å². The van der Waals surface area contributed by atoms with E-state index in [4.69, 9.17) is 5.73 Å². The first-order valence-electron chi connectivity index (χ1n) is 6.05. The average Bonchev–Trinajstić information content (AvgIpc) is 2.75. The molecule has 1 heterocycles. The van der Waals surface area contributed by atoms with Gasteiger partial charge in [0.2, 0.25) is 0 Å². The Morgan fingerprint density at radius 3 is 2.89 bits per heavy atom. The summed E-state index contributed by atoms with van der Waals surface area (Å²) in [6.07, 6.45) is 5.82. The number of hydrogen-bond donors (Lipinski definition) is 1. The van der Waals surface area contributed by atoms with Gasteiger partial charge in [-0.15, -0.1) is 0 Å². The molecule has 4 heteroatoms. The summed E-state index contributed by atoms with van der Waals surface area (Å²) in [4.78, 5) is 0. The molecule has 2 rings (SSSR count). The largest absolute Gasteiger partial charge is 0.324 e. The third kappa shape index (κ3) is 3.21. The van der Waals surface area contributed by atoms with E-state index < -0.39 is 0 Å². The lowest BCUT2D eigenvalue weighted by Gasteiger charge is -2.14. The van der Waals surface area contributed by atoms with Crippen molar-refractivity contribution in [1.29, 1.82) is 0 Å². The van der Waals surface area contributed by atoms with Crippen molar-refractivity contribution in [2.24, 2.45) is 12.8 Å². The van der Waals surface area contributed by atoms with Crippen LogP contribution in [0.25, 0.3) is 0 Å². The van der Waals surface area contributed by atoms with Gasteiger partial charge in [-0.1, -0.05) is 33.6 Å². The van der Waals surface area contributed by atoms with Gasteiger partial charge in [-0.05, 0) is 37.0 Å². The summed E-state index contributed by atoms with van der Waals surface area (Å²) in [5.74, 6) is 0. The summed E-state index contributed by atoms with van der Waals surface area (Å²) in [6, 6.07) is 6.35. The normalized spacial score (nSPS) is 12.7. The second-order valence-electron chi connectivity index (χ2n) is 4.69. The van der Waals surface area contributed by atoms with E-state index in [0.717, 1.165) is 17.3 Å². The molecule has 0 amide bonds. The Morgan fingerprint density at radius 2 is 2.22 bits per heavy atom. The van der Waals surface area contributed by atoms with Crippen molar-refractivity contribution >= 4 is 15.9 Å². The van der Waals surface area contributed by atoms with Crippen LogP contribution >= 0.6 is 15.9 Å². The molecule has 1 unspecified atom stereocenters. The lowest BCUT2D eigenvalue weighted by molar-refractivity contribution is 0.648. The Kier molecular flexibility index (Phi) is 4.19. The van der Waals surface area contributed by atoms with Crippen molar-refractivity contribution in [2.75, 3.05) is 0 Å². The van der Waals surface area contributed by atoms with Crippen LogP contribution in [0.3, 0.4) is 0 Å². The molecule has 1 aromatic carbocycles. The summed E-state index contributed by atoms with van der Waals surface area (Å²) in [6.45, 7) is 2.09. The zero-order valence-electron chi connectivity index (χ0n) is 10.7. The zero-order chi connectivity index (χ0) is 13.1. The van der Waals surface area contributed by atoms with Gasteiger partial charge in [0.05, 0.1) is 6.20 Å². The second kappa shape index (κ2) is 5.67. The third-order valence-corrected chi connectivity index (χ3v) is 3.78. The maximum Gasteiger partial charge on any atom is 0.0521 e. The number of nitrogens with two attached hydrogens (primary N) is 1. The van der Waals surface area contributed by atoms with E-state index in [-0.39, 0.29) is 6.04 Å². The summed E-state index contributed by atoms with van der Waals surface area (Å²) >= 11 is 3.56. The molecule has 2 aromatic rings. The third-order valence-electron chi connectivity index (χ3n) is 3.05. The molecular weight excluding hydrogens is 290 g/mol. The van der Waals surface area contributed by atoms with E-state index in [2.05, 4.69) is 46.2 Å². The van der Waals surface area contributed by atoms with E-state index in [9.17, 15) is 0 Å². The minimum absolute atomic E-state index is 0.0551. The van der Waals surface area contributed by atoms with Crippen LogP contribution in [0.1, 0.15) is 29.2 Å². The highest BCUT2D eigenvalue weighted by Gasteiger charge is 2.10. The van der Waals surface area contributed by atoms with Gasteiger partial charge in [-0.25, -0.2) is 0 Å². The molecule has 0 fully saturated rings. The highest BCUT2D eigenvalue weighted by atomic mass is 79.9. The number of nitrogens with zero attached hydrogens (tertiary/aromatic N) is 2. The monoisotopic (exact) mass is 307 g/mol. The first kappa shape index (κ1) is 13.3. The number of aryl methyl sites for hydroxylation is 3. The molecule has 0 saturated carbocycles. The molecule has 1 aromatic heterocycles. The fourth-order valence-electron chi connectivity index (χ4n) is 2.03. The van der Waals surface area contributed by atoms with Crippen LogP contribution in [0.15, 0.2) is 35.1 Å². The van der Waals surface area contributed by atoms with Gasteiger partial charge in [-0.3, -0.25) is 4.68 Å². The minimum Gasteiger partial charge on any atom is -0.324 e. The summed E-state index contributed by atoms with van der Waals surface area (Å²) in [7, 11) is 1.93. The Labute approximate surface area is 116 Å². The van der Waals surface area contributed by atoms with Gasteiger partial charge in [0, 0.05) is 23.8 Å². The molecule has 2 N–H and O–H groups in total. The quantitative estimate of drug-likeness (QED) is 0.943. The highest BCUT2D eigenvalue weighted by molar-refractivity contribution is 9.10. The van der Waals surface area contributed by atoms with Crippen LogP contribution < -0.4 is 5.73 Å². The van der Waals surface area contributed by atoms with Gasteiger partial charge < -0.3 is 5.73 Å². The maximum absolute atomic E-state index is 6.26. The van der Waals surface area contributed by atoms with Crippen molar-refractivity contribution in [1.82, 2.24) is 9.78 Å². The van der Waals surface area contributed by atoms with Crippen LogP contribution in [-0.4, -0.2) is 9.78 Å². The Balaban J connectivity index is 2.03. The number of hydrogen-bond acceptors (Lipinski definition) is 2. The standard InChI is InChI=1S/C14H18BrN3/c1-10-3-5-13(15)12(7-10)14(16)6-4-11-8-17-18(2)9-11/h3,5,7-9,14H,4,6,16H2,1-2H3. The SMILES string of the molecule is Cc1ccc(Br)c(C(N)CCc2cnn(C)c2)c1. The summed E-state index contributed by atoms with van der Waals surface area (Å²) < 4.78 is 2.91.